The molecule has 0 N–H and O–H groups in total. The number of fused-ring (bicyclic) bond motifs is 6. The predicted molar refractivity (Wildman–Crippen MR) is 224 cm³/mol. The first-order chi connectivity index (χ1) is 26.1. The summed E-state index contributed by atoms with van der Waals surface area (Å²) in [4.78, 5) is 2.48. The van der Waals surface area contributed by atoms with Gasteiger partial charge in [-0.25, -0.2) is 0 Å². The van der Waals surface area contributed by atoms with Crippen LogP contribution in [0.3, 0.4) is 0 Å². The Kier molecular flexibility index (Phi) is 7.19. The summed E-state index contributed by atoms with van der Waals surface area (Å²) in [6.45, 7) is 4.72. The third-order valence-electron chi connectivity index (χ3n) is 11.2. The fourth-order valence-corrected chi connectivity index (χ4v) is 8.68. The van der Waals surface area contributed by atoms with E-state index in [1.165, 1.54) is 66.3 Å². The van der Waals surface area contributed by atoms with Crippen LogP contribution >= 0.6 is 0 Å². The Labute approximate surface area is 310 Å². The van der Waals surface area contributed by atoms with E-state index >= 15 is 0 Å². The number of benzene rings is 8. The zero-order valence-electron chi connectivity index (χ0n) is 29.9. The van der Waals surface area contributed by atoms with E-state index in [9.17, 15) is 0 Å². The van der Waals surface area contributed by atoms with E-state index in [4.69, 9.17) is 0 Å². The first-order valence-corrected chi connectivity index (χ1v) is 18.4. The van der Waals surface area contributed by atoms with Gasteiger partial charge in [-0.15, -0.1) is 0 Å². The fraction of sp³-hybridized carbons (Fsp3) is 0.0588. The van der Waals surface area contributed by atoms with Gasteiger partial charge in [0.1, 0.15) is 0 Å². The lowest BCUT2D eigenvalue weighted by molar-refractivity contribution is 0.660. The minimum absolute atomic E-state index is 0.125. The van der Waals surface area contributed by atoms with E-state index < -0.39 is 0 Å². The van der Waals surface area contributed by atoms with Gasteiger partial charge in [-0.3, -0.25) is 0 Å². The molecule has 1 aromatic heterocycles. The Hall–Kier alpha value is -6.64. The Morgan fingerprint density at radius 3 is 1.77 bits per heavy atom. The van der Waals surface area contributed by atoms with Crippen LogP contribution in [0.2, 0.25) is 0 Å². The van der Waals surface area contributed by atoms with Crippen molar-refractivity contribution < 1.29 is 0 Å². The van der Waals surface area contributed by atoms with Crippen LogP contribution in [0.5, 0.6) is 0 Å². The number of aromatic nitrogens is 1. The summed E-state index contributed by atoms with van der Waals surface area (Å²) in [5.74, 6) is 0. The van der Waals surface area contributed by atoms with Crippen LogP contribution in [-0.2, 0) is 5.41 Å². The van der Waals surface area contributed by atoms with Crippen molar-refractivity contribution in [2.45, 2.75) is 19.3 Å². The van der Waals surface area contributed by atoms with Gasteiger partial charge in [-0.05, 0) is 93.5 Å². The maximum Gasteiger partial charge on any atom is 0.0548 e. The van der Waals surface area contributed by atoms with E-state index in [1.807, 2.05) is 0 Å². The molecule has 252 valence electrons. The number of para-hydroxylation sites is 2. The minimum Gasteiger partial charge on any atom is -0.310 e. The average Bonchev–Trinajstić information content (AvgIpc) is 3.67. The smallest absolute Gasteiger partial charge is 0.0548 e. The molecule has 0 unspecified atom stereocenters. The maximum absolute atomic E-state index is 2.48. The van der Waals surface area contributed by atoms with Crippen LogP contribution in [0.1, 0.15) is 25.0 Å². The van der Waals surface area contributed by atoms with Crippen molar-refractivity contribution in [2.24, 2.45) is 0 Å². The number of hydrogen-bond donors (Lipinski definition) is 0. The molecule has 0 aliphatic heterocycles. The summed E-state index contributed by atoms with van der Waals surface area (Å²) < 4.78 is 2.41. The number of anilines is 3. The van der Waals surface area contributed by atoms with Crippen LogP contribution in [0.25, 0.3) is 60.9 Å². The predicted octanol–water partition coefficient (Wildman–Crippen LogP) is 13.9. The molecule has 10 rings (SSSR count). The van der Waals surface area contributed by atoms with Gasteiger partial charge < -0.3 is 9.47 Å². The molecule has 1 aliphatic carbocycles. The van der Waals surface area contributed by atoms with E-state index in [0.717, 1.165) is 22.7 Å². The number of nitrogens with zero attached hydrogens (tertiary/aromatic N) is 2. The molecule has 8 aromatic carbocycles. The summed E-state index contributed by atoms with van der Waals surface area (Å²) >= 11 is 0. The second-order valence-corrected chi connectivity index (χ2v) is 14.6. The van der Waals surface area contributed by atoms with Gasteiger partial charge in [0.2, 0.25) is 0 Å². The topological polar surface area (TPSA) is 8.17 Å². The fourth-order valence-electron chi connectivity index (χ4n) is 8.68. The largest absolute Gasteiger partial charge is 0.310 e. The number of rotatable bonds is 6. The van der Waals surface area contributed by atoms with Gasteiger partial charge >= 0.3 is 0 Å². The van der Waals surface area contributed by atoms with Crippen LogP contribution in [0, 0.1) is 0 Å². The molecule has 0 bridgehead atoms. The highest BCUT2D eigenvalue weighted by Crippen LogP contribution is 2.52. The standard InChI is InChI=1S/C51H38N2/c1-51(2)44-24-14-12-22-41(44)42-31-30-40(34-45(42)51)52(39-28-26-36(27-29-39)35-16-6-3-7-17-35)47-32-33-48-50(49(47)37-18-8-4-9-19-37)43-23-13-15-25-46(43)53(48)38-20-10-5-11-21-38/h3-34H,1-2H3. The molecule has 2 nitrogen and oxygen atoms in total. The van der Waals surface area contributed by atoms with E-state index in [1.54, 1.807) is 0 Å². The van der Waals surface area contributed by atoms with Gasteiger partial charge in [-0.1, -0.05) is 153 Å². The monoisotopic (exact) mass is 678 g/mol. The molecule has 0 radical (unpaired) electrons. The lowest BCUT2D eigenvalue weighted by Gasteiger charge is -2.30. The molecule has 2 heteroatoms. The highest BCUT2D eigenvalue weighted by Gasteiger charge is 2.36. The van der Waals surface area contributed by atoms with Crippen molar-refractivity contribution in [2.75, 3.05) is 4.90 Å². The van der Waals surface area contributed by atoms with E-state index in [2.05, 4.69) is 217 Å². The SMILES string of the molecule is CC1(C)c2ccccc2-c2ccc(N(c3ccc(-c4ccccc4)cc3)c3ccc4c(c3-c3ccccc3)c3ccccc3n4-c3ccccc3)cc21. The number of hydrogen-bond acceptors (Lipinski definition) is 1. The highest BCUT2D eigenvalue weighted by atomic mass is 15.1. The normalized spacial score (nSPS) is 12.9. The van der Waals surface area contributed by atoms with E-state index in [0.29, 0.717) is 0 Å². The first kappa shape index (κ1) is 31.1. The summed E-state index contributed by atoms with van der Waals surface area (Å²) in [7, 11) is 0. The third-order valence-corrected chi connectivity index (χ3v) is 11.2. The molecule has 0 fully saturated rings. The van der Waals surface area contributed by atoms with Gasteiger partial charge in [0, 0.05) is 38.8 Å². The summed E-state index contributed by atoms with van der Waals surface area (Å²) in [5.41, 5.74) is 17.0. The molecular weight excluding hydrogens is 641 g/mol. The van der Waals surface area contributed by atoms with E-state index in [-0.39, 0.29) is 5.41 Å². The first-order valence-electron chi connectivity index (χ1n) is 18.4. The summed E-state index contributed by atoms with van der Waals surface area (Å²) in [6, 6.07) is 70.8. The van der Waals surface area contributed by atoms with Crippen molar-refractivity contribution in [1.29, 1.82) is 0 Å². The quantitative estimate of drug-likeness (QED) is 0.170. The molecule has 0 atom stereocenters. The Morgan fingerprint density at radius 2 is 1.02 bits per heavy atom. The van der Waals surface area contributed by atoms with Crippen molar-refractivity contribution in [3.05, 3.63) is 205 Å². The Balaban J connectivity index is 1.27. The minimum atomic E-state index is -0.125. The molecular formula is C51H38N2. The van der Waals surface area contributed by atoms with Crippen molar-refractivity contribution >= 4 is 38.9 Å². The second kappa shape index (κ2) is 12.3. The molecule has 1 aliphatic rings. The van der Waals surface area contributed by atoms with Crippen LogP contribution < -0.4 is 4.90 Å². The van der Waals surface area contributed by atoms with Gasteiger partial charge in [-0.2, -0.15) is 0 Å². The zero-order valence-corrected chi connectivity index (χ0v) is 29.9. The lowest BCUT2D eigenvalue weighted by atomic mass is 9.82. The van der Waals surface area contributed by atoms with Gasteiger partial charge in [0.25, 0.3) is 0 Å². The lowest BCUT2D eigenvalue weighted by Crippen LogP contribution is -2.17. The van der Waals surface area contributed by atoms with Gasteiger partial charge in [0.15, 0.2) is 0 Å². The van der Waals surface area contributed by atoms with Crippen molar-refractivity contribution in [3.63, 3.8) is 0 Å². The van der Waals surface area contributed by atoms with Gasteiger partial charge in [0.05, 0.1) is 16.7 Å². The van der Waals surface area contributed by atoms with Crippen molar-refractivity contribution in [3.8, 4) is 39.1 Å². The Morgan fingerprint density at radius 1 is 0.434 bits per heavy atom. The summed E-state index contributed by atoms with van der Waals surface area (Å²) in [5, 5.41) is 2.48. The van der Waals surface area contributed by atoms with Crippen LogP contribution in [-0.4, -0.2) is 4.57 Å². The zero-order chi connectivity index (χ0) is 35.5. The second-order valence-electron chi connectivity index (χ2n) is 14.6. The molecule has 0 spiro atoms. The molecule has 0 saturated heterocycles. The Bertz CT molecular complexity index is 2780. The summed E-state index contributed by atoms with van der Waals surface area (Å²) in [6.07, 6.45) is 0. The molecule has 9 aromatic rings. The van der Waals surface area contributed by atoms with Crippen LogP contribution in [0.4, 0.5) is 17.1 Å². The molecule has 1 heterocycles. The average molecular weight is 679 g/mol. The highest BCUT2D eigenvalue weighted by molar-refractivity contribution is 6.19. The van der Waals surface area contributed by atoms with Crippen LogP contribution in [0.15, 0.2) is 194 Å². The third kappa shape index (κ3) is 4.94. The molecule has 53 heavy (non-hydrogen) atoms. The van der Waals surface area contributed by atoms with Crippen molar-refractivity contribution in [1.82, 2.24) is 4.57 Å². The maximum atomic E-state index is 2.48. The molecule has 0 amide bonds. The molecule has 0 saturated carbocycles.